The maximum absolute atomic E-state index is 6.39. The monoisotopic (exact) mass is 472 g/mol. The van der Waals surface area contributed by atoms with Gasteiger partial charge in [0.25, 0.3) is 0 Å². The van der Waals surface area contributed by atoms with Crippen LogP contribution in [0.5, 0.6) is 17.4 Å². The van der Waals surface area contributed by atoms with Crippen LogP contribution in [0.25, 0.3) is 11.3 Å². The van der Waals surface area contributed by atoms with Crippen LogP contribution in [0.4, 0.5) is 5.69 Å². The van der Waals surface area contributed by atoms with Gasteiger partial charge in [-0.3, -0.25) is 0 Å². The molecule has 2 heterocycles. The molecule has 3 aromatic carbocycles. The third-order valence-electron chi connectivity index (χ3n) is 5.33. The highest BCUT2D eigenvalue weighted by atomic mass is 32.2. The standard InChI is InChI=1S/C26H24N4O3S/c1-3-32-22-15-18(13-14-21(22)31-2)24-27-20-12-8-7-11-19(20)23-25(33-24)28-26(30-29-23)34-16-17-9-5-4-6-10-17/h4-15,24,27H,3,16H2,1-2H3/t24-/m0/s1. The highest BCUT2D eigenvalue weighted by Crippen LogP contribution is 2.41. The summed E-state index contributed by atoms with van der Waals surface area (Å²) in [7, 11) is 1.63. The van der Waals surface area contributed by atoms with Crippen LogP contribution in [-0.4, -0.2) is 28.9 Å². The van der Waals surface area contributed by atoms with Crippen molar-refractivity contribution in [1.82, 2.24) is 15.2 Å². The molecule has 0 unspecified atom stereocenters. The van der Waals surface area contributed by atoms with Gasteiger partial charge in [-0.25, -0.2) is 0 Å². The molecule has 0 saturated carbocycles. The van der Waals surface area contributed by atoms with Gasteiger partial charge in [0.2, 0.25) is 11.0 Å². The van der Waals surface area contributed by atoms with Crippen molar-refractivity contribution in [3.05, 3.63) is 83.9 Å². The first-order valence-corrected chi connectivity index (χ1v) is 12.0. The molecule has 0 radical (unpaired) electrons. The van der Waals surface area contributed by atoms with E-state index < -0.39 is 6.23 Å². The molecule has 0 saturated heterocycles. The maximum Gasteiger partial charge on any atom is 0.247 e. The van der Waals surface area contributed by atoms with Crippen molar-refractivity contribution in [3.63, 3.8) is 0 Å². The predicted molar refractivity (Wildman–Crippen MR) is 132 cm³/mol. The Morgan fingerprint density at radius 3 is 2.62 bits per heavy atom. The van der Waals surface area contributed by atoms with E-state index in [2.05, 4.69) is 27.6 Å². The van der Waals surface area contributed by atoms with Crippen LogP contribution < -0.4 is 19.5 Å². The van der Waals surface area contributed by atoms with Crippen LogP contribution in [0.1, 0.15) is 24.3 Å². The normalized spacial score (nSPS) is 14.1. The number of nitrogens with zero attached hydrogens (tertiary/aromatic N) is 3. The highest BCUT2D eigenvalue weighted by molar-refractivity contribution is 7.98. The molecule has 5 rings (SSSR count). The molecular weight excluding hydrogens is 448 g/mol. The lowest BCUT2D eigenvalue weighted by molar-refractivity contribution is 0.224. The number of rotatable bonds is 7. The van der Waals surface area contributed by atoms with E-state index >= 15 is 0 Å². The Hall–Kier alpha value is -3.78. The lowest BCUT2D eigenvalue weighted by Gasteiger charge is -2.20. The molecule has 34 heavy (non-hydrogen) atoms. The molecule has 0 aliphatic carbocycles. The molecule has 1 aromatic heterocycles. The van der Waals surface area contributed by atoms with Crippen molar-refractivity contribution in [3.8, 4) is 28.6 Å². The topological polar surface area (TPSA) is 78.4 Å². The summed E-state index contributed by atoms with van der Waals surface area (Å²) in [6.07, 6.45) is -0.504. The van der Waals surface area contributed by atoms with Crippen LogP contribution >= 0.6 is 11.8 Å². The summed E-state index contributed by atoms with van der Waals surface area (Å²) >= 11 is 1.52. The van der Waals surface area contributed by atoms with Crippen LogP contribution in [0, 0.1) is 0 Å². The van der Waals surface area contributed by atoms with Gasteiger partial charge in [-0.2, -0.15) is 4.98 Å². The second-order valence-electron chi connectivity index (χ2n) is 7.55. The van der Waals surface area contributed by atoms with Crippen LogP contribution in [0.2, 0.25) is 0 Å². The largest absolute Gasteiger partial charge is 0.493 e. The van der Waals surface area contributed by atoms with Crippen LogP contribution in [0.3, 0.4) is 0 Å². The Morgan fingerprint density at radius 1 is 0.971 bits per heavy atom. The molecule has 8 heteroatoms. The van der Waals surface area contributed by atoms with Gasteiger partial charge in [0.05, 0.1) is 13.7 Å². The summed E-state index contributed by atoms with van der Waals surface area (Å²) in [5.74, 6) is 2.51. The van der Waals surface area contributed by atoms with Gasteiger partial charge in [0, 0.05) is 22.6 Å². The molecule has 7 nitrogen and oxygen atoms in total. The number of anilines is 1. The molecule has 172 valence electrons. The first-order valence-electron chi connectivity index (χ1n) is 11.0. The number of hydrogen-bond donors (Lipinski definition) is 1. The van der Waals surface area contributed by atoms with E-state index in [9.17, 15) is 0 Å². The average Bonchev–Trinajstić information content (AvgIpc) is 3.05. The molecule has 1 N–H and O–H groups in total. The lowest BCUT2D eigenvalue weighted by Crippen LogP contribution is -2.17. The molecule has 1 atom stereocenters. The zero-order valence-corrected chi connectivity index (χ0v) is 19.7. The molecule has 1 aliphatic heterocycles. The van der Waals surface area contributed by atoms with Gasteiger partial charge in [0.15, 0.2) is 23.4 Å². The Kier molecular flexibility index (Phi) is 6.49. The summed E-state index contributed by atoms with van der Waals surface area (Å²) < 4.78 is 17.6. The minimum atomic E-state index is -0.504. The molecule has 1 aliphatic rings. The summed E-state index contributed by atoms with van der Waals surface area (Å²) in [6, 6.07) is 23.9. The second-order valence-corrected chi connectivity index (χ2v) is 8.50. The lowest BCUT2D eigenvalue weighted by atomic mass is 10.1. The van der Waals surface area contributed by atoms with Gasteiger partial charge in [-0.1, -0.05) is 60.3 Å². The third kappa shape index (κ3) is 4.63. The summed E-state index contributed by atoms with van der Waals surface area (Å²) in [4.78, 5) is 4.73. The Bertz CT molecular complexity index is 1290. The number of para-hydroxylation sites is 1. The van der Waals surface area contributed by atoms with Gasteiger partial charge in [-0.05, 0) is 36.8 Å². The third-order valence-corrected chi connectivity index (χ3v) is 6.24. The van der Waals surface area contributed by atoms with Crippen molar-refractivity contribution in [1.29, 1.82) is 0 Å². The van der Waals surface area contributed by atoms with E-state index in [1.165, 1.54) is 17.3 Å². The van der Waals surface area contributed by atoms with E-state index in [4.69, 9.17) is 19.2 Å². The van der Waals surface area contributed by atoms with E-state index in [-0.39, 0.29) is 0 Å². The zero-order valence-electron chi connectivity index (χ0n) is 18.9. The SMILES string of the molecule is CCOc1cc([C@H]2Nc3ccccc3-c3nnc(SCc4ccccc4)nc3O2)ccc1OC. The number of hydrogen-bond acceptors (Lipinski definition) is 8. The first-order chi connectivity index (χ1) is 16.7. The molecule has 0 amide bonds. The molecule has 0 spiro atoms. The van der Waals surface area contributed by atoms with Gasteiger partial charge >= 0.3 is 0 Å². The second kappa shape index (κ2) is 10.0. The number of ether oxygens (including phenoxy) is 3. The number of aromatic nitrogens is 3. The molecule has 0 fully saturated rings. The number of nitrogens with one attached hydrogen (secondary N) is 1. The minimum absolute atomic E-state index is 0.432. The smallest absolute Gasteiger partial charge is 0.247 e. The van der Waals surface area contributed by atoms with E-state index in [1.807, 2.05) is 67.6 Å². The van der Waals surface area contributed by atoms with Crippen molar-refractivity contribution >= 4 is 17.4 Å². The molecule has 0 bridgehead atoms. The van der Waals surface area contributed by atoms with E-state index in [0.717, 1.165) is 22.6 Å². The van der Waals surface area contributed by atoms with Gasteiger partial charge < -0.3 is 19.5 Å². The predicted octanol–water partition coefficient (Wildman–Crippen LogP) is 5.74. The van der Waals surface area contributed by atoms with Crippen LogP contribution in [-0.2, 0) is 5.75 Å². The fraction of sp³-hybridized carbons (Fsp3) is 0.192. The van der Waals surface area contributed by atoms with Gasteiger partial charge in [-0.15, -0.1) is 10.2 Å². The van der Waals surface area contributed by atoms with Crippen molar-refractivity contribution in [2.75, 3.05) is 19.0 Å². The number of fused-ring (bicyclic) bond motifs is 3. The zero-order chi connectivity index (χ0) is 23.3. The van der Waals surface area contributed by atoms with Gasteiger partial charge in [0.1, 0.15) is 0 Å². The fourth-order valence-electron chi connectivity index (χ4n) is 3.71. The van der Waals surface area contributed by atoms with Crippen molar-refractivity contribution < 1.29 is 14.2 Å². The average molecular weight is 473 g/mol. The number of benzene rings is 3. The Labute approximate surface area is 202 Å². The first kappa shape index (κ1) is 22.0. The summed E-state index contributed by atoms with van der Waals surface area (Å²) in [5, 5.41) is 12.9. The van der Waals surface area contributed by atoms with E-state index in [1.54, 1.807) is 7.11 Å². The van der Waals surface area contributed by atoms with E-state index in [0.29, 0.717) is 34.8 Å². The Morgan fingerprint density at radius 2 is 1.79 bits per heavy atom. The number of thioether (sulfide) groups is 1. The minimum Gasteiger partial charge on any atom is -0.493 e. The Balaban J connectivity index is 1.50. The highest BCUT2D eigenvalue weighted by Gasteiger charge is 2.26. The van der Waals surface area contributed by atoms with Crippen molar-refractivity contribution in [2.45, 2.75) is 24.1 Å². The maximum atomic E-state index is 6.39. The quantitative estimate of drug-likeness (QED) is 0.341. The number of methoxy groups -OCH3 is 1. The van der Waals surface area contributed by atoms with Crippen LogP contribution in [0.15, 0.2) is 78.0 Å². The van der Waals surface area contributed by atoms with Crippen molar-refractivity contribution in [2.24, 2.45) is 0 Å². The molecular formula is C26H24N4O3S. The summed E-state index contributed by atoms with van der Waals surface area (Å²) in [5.41, 5.74) is 4.45. The molecule has 4 aromatic rings. The summed E-state index contributed by atoms with van der Waals surface area (Å²) in [6.45, 7) is 2.47. The fourth-order valence-corrected chi connectivity index (χ4v) is 4.44.